The van der Waals surface area contributed by atoms with Crippen LogP contribution in [0.5, 0.6) is 5.75 Å². The number of nitrogens with zero attached hydrogens (tertiary/aromatic N) is 2. The predicted molar refractivity (Wildman–Crippen MR) is 124 cm³/mol. The van der Waals surface area contributed by atoms with Crippen LogP contribution in [0.1, 0.15) is 43.6 Å². The van der Waals surface area contributed by atoms with E-state index in [1.54, 1.807) is 25.1 Å². The largest absolute Gasteiger partial charge is 0.489 e. The third kappa shape index (κ3) is 5.08. The molecule has 3 aromatic rings. The lowest BCUT2D eigenvalue weighted by molar-refractivity contribution is -0.137. The van der Waals surface area contributed by atoms with Gasteiger partial charge in [0.15, 0.2) is 6.23 Å². The SMILES string of the molecule is CC(NC(=O)c1ccc2c(c1)NC1OC1CO2)c1ncc(C(=O)Nc2cc(C(F)(F)F)c(Cl)cn2)s1. The van der Waals surface area contributed by atoms with E-state index < -0.39 is 28.7 Å². The zero-order valence-corrected chi connectivity index (χ0v) is 19.9. The number of anilines is 2. The van der Waals surface area contributed by atoms with Crippen LogP contribution >= 0.6 is 22.9 Å². The molecule has 9 nitrogen and oxygen atoms in total. The number of rotatable bonds is 5. The first-order chi connectivity index (χ1) is 17.1. The summed E-state index contributed by atoms with van der Waals surface area (Å²) < 4.78 is 50.2. The molecule has 0 bridgehead atoms. The number of alkyl halides is 3. The molecule has 1 saturated heterocycles. The van der Waals surface area contributed by atoms with Crippen molar-refractivity contribution in [2.75, 3.05) is 17.2 Å². The van der Waals surface area contributed by atoms with Crippen molar-refractivity contribution in [1.82, 2.24) is 15.3 Å². The minimum Gasteiger partial charge on any atom is -0.489 e. The van der Waals surface area contributed by atoms with Gasteiger partial charge in [-0.25, -0.2) is 9.97 Å². The van der Waals surface area contributed by atoms with Gasteiger partial charge in [0.05, 0.1) is 28.5 Å². The summed E-state index contributed by atoms with van der Waals surface area (Å²) in [6, 6.07) is 5.11. The van der Waals surface area contributed by atoms with Crippen LogP contribution in [0.15, 0.2) is 36.7 Å². The first-order valence-electron chi connectivity index (χ1n) is 10.6. The molecule has 5 rings (SSSR count). The van der Waals surface area contributed by atoms with Crippen LogP contribution in [0, 0.1) is 0 Å². The second-order valence-corrected chi connectivity index (χ2v) is 9.49. The standard InChI is InChI=1S/C22H17ClF3N5O4S/c1-9(29-18(32)10-2-3-14-13(4-10)30-20-15(35-20)8-34-14)21-28-7-16(36-21)19(33)31-17-5-11(22(24,25)26)12(23)6-27-17/h2-7,9,15,20,30H,8H2,1H3,(H,29,32)(H,27,31,33). The fourth-order valence-corrected chi connectivity index (χ4v) is 4.49. The minimum absolute atomic E-state index is 0.00633. The fourth-order valence-electron chi connectivity index (χ4n) is 3.47. The van der Waals surface area contributed by atoms with E-state index in [1.807, 2.05) is 0 Å². The number of ether oxygens (including phenoxy) is 2. The van der Waals surface area contributed by atoms with Crippen LogP contribution in [-0.4, -0.2) is 40.7 Å². The van der Waals surface area contributed by atoms with Gasteiger partial charge in [0, 0.05) is 11.8 Å². The Labute approximate surface area is 211 Å². The van der Waals surface area contributed by atoms with E-state index in [0.29, 0.717) is 34.7 Å². The summed E-state index contributed by atoms with van der Waals surface area (Å²) in [5.74, 6) is -0.742. The number of carbonyl (C=O) groups is 2. The Kier molecular flexibility index (Phi) is 6.22. The van der Waals surface area contributed by atoms with E-state index in [1.165, 1.54) is 6.20 Å². The Morgan fingerprint density at radius 3 is 2.81 bits per heavy atom. The molecule has 3 N–H and O–H groups in total. The summed E-state index contributed by atoms with van der Waals surface area (Å²) in [5.41, 5.74) is -0.0718. The normalized spacial score (nSPS) is 19.0. The lowest BCUT2D eigenvalue weighted by Gasteiger charge is -2.14. The van der Waals surface area contributed by atoms with Crippen LogP contribution in [0.2, 0.25) is 5.02 Å². The number of carbonyl (C=O) groups excluding carboxylic acids is 2. The number of benzene rings is 1. The van der Waals surface area contributed by atoms with Crippen molar-refractivity contribution in [3.8, 4) is 5.75 Å². The van der Waals surface area contributed by atoms with Crippen LogP contribution in [0.25, 0.3) is 0 Å². The van der Waals surface area contributed by atoms with Crippen LogP contribution in [0.3, 0.4) is 0 Å². The van der Waals surface area contributed by atoms with Crippen molar-refractivity contribution < 1.29 is 32.2 Å². The average molecular weight is 540 g/mol. The van der Waals surface area contributed by atoms with Crippen molar-refractivity contribution in [3.05, 3.63) is 62.7 Å². The van der Waals surface area contributed by atoms with Gasteiger partial charge in [-0.15, -0.1) is 11.3 Å². The quantitative estimate of drug-likeness (QED) is 0.409. The van der Waals surface area contributed by atoms with E-state index in [2.05, 4.69) is 25.9 Å². The zero-order chi connectivity index (χ0) is 25.6. The molecule has 2 aliphatic heterocycles. The van der Waals surface area contributed by atoms with Gasteiger partial charge in [0.1, 0.15) is 34.2 Å². The first kappa shape index (κ1) is 24.3. The lowest BCUT2D eigenvalue weighted by atomic mass is 10.1. The maximum atomic E-state index is 13.0. The number of thiazole rings is 1. The minimum atomic E-state index is -4.70. The van der Waals surface area contributed by atoms with Gasteiger partial charge in [0.2, 0.25) is 0 Å². The van der Waals surface area contributed by atoms with Crippen molar-refractivity contribution >= 4 is 46.3 Å². The molecule has 1 aromatic carbocycles. The molecular formula is C22H17ClF3N5O4S. The highest BCUT2D eigenvalue weighted by Crippen LogP contribution is 2.36. The maximum Gasteiger partial charge on any atom is 0.418 e. The van der Waals surface area contributed by atoms with Gasteiger partial charge in [0.25, 0.3) is 11.8 Å². The van der Waals surface area contributed by atoms with E-state index in [4.69, 9.17) is 21.1 Å². The number of nitrogens with one attached hydrogen (secondary N) is 3. The van der Waals surface area contributed by atoms with E-state index in [-0.39, 0.29) is 28.9 Å². The number of pyridine rings is 1. The molecule has 2 aliphatic rings. The van der Waals surface area contributed by atoms with E-state index in [0.717, 1.165) is 17.5 Å². The van der Waals surface area contributed by atoms with Gasteiger partial charge in [-0.3, -0.25) is 9.59 Å². The molecular weight excluding hydrogens is 523 g/mol. The molecule has 0 aliphatic carbocycles. The molecule has 4 heterocycles. The monoisotopic (exact) mass is 539 g/mol. The number of hydrogen-bond donors (Lipinski definition) is 3. The van der Waals surface area contributed by atoms with Crippen LogP contribution in [-0.2, 0) is 10.9 Å². The van der Waals surface area contributed by atoms with Crippen LogP contribution < -0.4 is 20.7 Å². The highest BCUT2D eigenvalue weighted by atomic mass is 35.5. The smallest absolute Gasteiger partial charge is 0.418 e. The van der Waals surface area contributed by atoms with E-state index >= 15 is 0 Å². The summed E-state index contributed by atoms with van der Waals surface area (Å²) in [7, 11) is 0. The van der Waals surface area contributed by atoms with E-state index in [9.17, 15) is 22.8 Å². The predicted octanol–water partition coefficient (Wildman–Crippen LogP) is 4.48. The van der Waals surface area contributed by atoms with Crippen molar-refractivity contribution in [2.45, 2.75) is 31.5 Å². The maximum absolute atomic E-state index is 13.0. The molecule has 36 heavy (non-hydrogen) atoms. The molecule has 2 aromatic heterocycles. The highest BCUT2D eigenvalue weighted by Gasteiger charge is 2.42. The number of amides is 2. The molecule has 0 saturated carbocycles. The summed E-state index contributed by atoms with van der Waals surface area (Å²) in [5, 5.41) is 8.14. The molecule has 3 unspecified atom stereocenters. The van der Waals surface area contributed by atoms with Crippen LogP contribution in [0.4, 0.5) is 24.7 Å². The van der Waals surface area contributed by atoms with Crippen molar-refractivity contribution in [2.24, 2.45) is 0 Å². The zero-order valence-electron chi connectivity index (χ0n) is 18.4. The number of halogens is 4. The van der Waals surface area contributed by atoms with Gasteiger partial charge in [-0.1, -0.05) is 11.6 Å². The molecule has 188 valence electrons. The average Bonchev–Trinajstić information content (AvgIpc) is 3.40. The van der Waals surface area contributed by atoms with Crippen molar-refractivity contribution in [1.29, 1.82) is 0 Å². The number of fused-ring (bicyclic) bond motifs is 2. The topological polar surface area (TPSA) is 118 Å². The van der Waals surface area contributed by atoms with Crippen molar-refractivity contribution in [3.63, 3.8) is 0 Å². The van der Waals surface area contributed by atoms with Gasteiger partial charge < -0.3 is 25.4 Å². The second kappa shape index (κ2) is 9.22. The fraction of sp³-hybridized carbons (Fsp3) is 0.273. The molecule has 1 fully saturated rings. The Morgan fingerprint density at radius 2 is 2.03 bits per heavy atom. The molecule has 14 heteroatoms. The summed E-state index contributed by atoms with van der Waals surface area (Å²) in [6.45, 7) is 2.13. The number of epoxide rings is 1. The third-order valence-corrected chi connectivity index (χ3v) is 6.87. The summed E-state index contributed by atoms with van der Waals surface area (Å²) >= 11 is 6.54. The molecule has 0 spiro atoms. The summed E-state index contributed by atoms with van der Waals surface area (Å²) in [4.78, 5) is 33.3. The molecule has 0 radical (unpaired) electrons. The Balaban J connectivity index is 1.23. The Bertz CT molecular complexity index is 1350. The number of hydrogen-bond acceptors (Lipinski definition) is 8. The molecule has 2 amide bonds. The lowest BCUT2D eigenvalue weighted by Crippen LogP contribution is -2.26. The first-order valence-corrected chi connectivity index (χ1v) is 11.8. The Hall–Kier alpha value is -3.42. The van der Waals surface area contributed by atoms with Gasteiger partial charge in [-0.05, 0) is 31.2 Å². The number of aromatic nitrogens is 2. The van der Waals surface area contributed by atoms with Gasteiger partial charge in [-0.2, -0.15) is 13.2 Å². The highest BCUT2D eigenvalue weighted by molar-refractivity contribution is 7.13. The third-order valence-electron chi connectivity index (χ3n) is 5.39. The summed E-state index contributed by atoms with van der Waals surface area (Å²) in [6.07, 6.45) is -2.75. The van der Waals surface area contributed by atoms with Gasteiger partial charge >= 0.3 is 6.18 Å². The molecule has 3 atom stereocenters. The second-order valence-electron chi connectivity index (χ2n) is 8.02. The Morgan fingerprint density at radius 1 is 1.22 bits per heavy atom.